The lowest BCUT2D eigenvalue weighted by molar-refractivity contribution is 0.107. The second-order valence-corrected chi connectivity index (χ2v) is 7.48. The van der Waals surface area contributed by atoms with Gasteiger partial charge in [0.2, 0.25) is 0 Å². The number of hydrogen-bond acceptors (Lipinski definition) is 3. The Morgan fingerprint density at radius 3 is 2.22 bits per heavy atom. The Morgan fingerprint density at radius 1 is 0.852 bits per heavy atom. The zero-order valence-corrected chi connectivity index (χ0v) is 16.2. The van der Waals surface area contributed by atoms with Crippen LogP contribution in [0.1, 0.15) is 17.2 Å². The van der Waals surface area contributed by atoms with Crippen LogP contribution < -0.4 is 0 Å². The van der Waals surface area contributed by atoms with Gasteiger partial charge in [0.1, 0.15) is 0 Å². The van der Waals surface area contributed by atoms with Crippen molar-refractivity contribution in [3.63, 3.8) is 0 Å². The van der Waals surface area contributed by atoms with E-state index in [9.17, 15) is 0 Å². The van der Waals surface area contributed by atoms with Gasteiger partial charge in [-0.15, -0.1) is 0 Å². The minimum atomic E-state index is 0.277. The Kier molecular flexibility index (Phi) is 5.87. The third kappa shape index (κ3) is 4.59. The largest absolute Gasteiger partial charge is 0.336 e. The van der Waals surface area contributed by atoms with Gasteiger partial charge in [-0.2, -0.15) is 0 Å². The number of rotatable bonds is 6. The standard InChI is InChI=1S/C22H25ClN4/c23-21-8-6-20(7-9-21)22(19-4-2-1-3-5-19)27-16-14-25(15-17-27)12-13-26-11-10-24-18-26/h1-11,18,22H,12-17H2. The first kappa shape index (κ1) is 18.2. The summed E-state index contributed by atoms with van der Waals surface area (Å²) in [4.78, 5) is 9.25. The maximum Gasteiger partial charge on any atom is 0.0946 e. The minimum Gasteiger partial charge on any atom is -0.336 e. The highest BCUT2D eigenvalue weighted by atomic mass is 35.5. The van der Waals surface area contributed by atoms with Crippen LogP contribution in [0.5, 0.6) is 0 Å². The molecule has 2 aromatic carbocycles. The molecule has 0 radical (unpaired) electrons. The van der Waals surface area contributed by atoms with E-state index in [2.05, 4.69) is 61.8 Å². The lowest BCUT2D eigenvalue weighted by Crippen LogP contribution is -2.48. The van der Waals surface area contributed by atoms with Crippen LogP contribution in [0.2, 0.25) is 5.02 Å². The van der Waals surface area contributed by atoms with Crippen molar-refractivity contribution in [3.8, 4) is 0 Å². The first-order valence-electron chi connectivity index (χ1n) is 9.52. The van der Waals surface area contributed by atoms with Crippen LogP contribution >= 0.6 is 11.6 Å². The molecular weight excluding hydrogens is 356 g/mol. The van der Waals surface area contributed by atoms with E-state index in [-0.39, 0.29) is 6.04 Å². The summed E-state index contributed by atoms with van der Waals surface area (Å²) < 4.78 is 2.15. The van der Waals surface area contributed by atoms with Crippen LogP contribution in [0.25, 0.3) is 0 Å². The molecule has 1 atom stereocenters. The Morgan fingerprint density at radius 2 is 1.56 bits per heavy atom. The first-order chi connectivity index (χ1) is 13.3. The van der Waals surface area contributed by atoms with Gasteiger partial charge in [0, 0.05) is 56.7 Å². The average molecular weight is 381 g/mol. The molecule has 4 nitrogen and oxygen atoms in total. The van der Waals surface area contributed by atoms with Crippen LogP contribution in [-0.4, -0.2) is 52.1 Å². The van der Waals surface area contributed by atoms with Crippen LogP contribution in [0, 0.1) is 0 Å². The molecule has 0 N–H and O–H groups in total. The zero-order valence-electron chi connectivity index (χ0n) is 15.4. The molecule has 0 saturated carbocycles. The maximum absolute atomic E-state index is 6.12. The molecule has 140 valence electrons. The van der Waals surface area contributed by atoms with Crippen molar-refractivity contribution >= 4 is 11.6 Å². The normalized spacial score (nSPS) is 17.1. The van der Waals surface area contributed by atoms with E-state index in [1.54, 1.807) is 0 Å². The van der Waals surface area contributed by atoms with Gasteiger partial charge >= 0.3 is 0 Å². The van der Waals surface area contributed by atoms with Gasteiger partial charge in [0.15, 0.2) is 0 Å². The van der Waals surface area contributed by atoms with Crippen LogP contribution in [-0.2, 0) is 6.54 Å². The van der Waals surface area contributed by atoms with E-state index in [0.29, 0.717) is 0 Å². The second kappa shape index (κ2) is 8.70. The Bertz CT molecular complexity index is 809. The van der Waals surface area contributed by atoms with E-state index in [1.165, 1.54) is 11.1 Å². The fourth-order valence-corrected chi connectivity index (χ4v) is 3.94. The molecule has 0 amide bonds. The predicted octanol–water partition coefficient (Wildman–Crippen LogP) is 3.94. The average Bonchev–Trinajstić information content (AvgIpc) is 3.24. The first-order valence-corrected chi connectivity index (χ1v) is 9.90. The molecule has 2 heterocycles. The number of imidazole rings is 1. The minimum absolute atomic E-state index is 0.277. The van der Waals surface area contributed by atoms with Gasteiger partial charge in [0.05, 0.1) is 12.4 Å². The lowest BCUT2D eigenvalue weighted by Gasteiger charge is -2.39. The molecule has 4 rings (SSSR count). The summed E-state index contributed by atoms with van der Waals surface area (Å²) in [7, 11) is 0. The molecule has 5 heteroatoms. The SMILES string of the molecule is Clc1ccc(C(c2ccccc2)N2CCN(CCn3ccnc3)CC2)cc1. The summed E-state index contributed by atoms with van der Waals surface area (Å²) in [5, 5.41) is 0.787. The summed E-state index contributed by atoms with van der Waals surface area (Å²) in [5.41, 5.74) is 2.64. The zero-order chi connectivity index (χ0) is 18.5. The Hall–Kier alpha value is -2.14. The second-order valence-electron chi connectivity index (χ2n) is 7.04. The van der Waals surface area contributed by atoms with Crippen molar-refractivity contribution < 1.29 is 0 Å². The maximum atomic E-state index is 6.12. The molecule has 0 spiro atoms. The topological polar surface area (TPSA) is 24.3 Å². The number of piperazine rings is 1. The molecule has 1 aliphatic rings. The van der Waals surface area contributed by atoms with E-state index in [4.69, 9.17) is 11.6 Å². The predicted molar refractivity (Wildman–Crippen MR) is 110 cm³/mol. The molecule has 27 heavy (non-hydrogen) atoms. The molecular formula is C22H25ClN4. The molecule has 1 aromatic heterocycles. The molecule has 1 fully saturated rings. The Balaban J connectivity index is 1.44. The van der Waals surface area contributed by atoms with Crippen LogP contribution in [0.15, 0.2) is 73.3 Å². The van der Waals surface area contributed by atoms with E-state index in [1.807, 2.05) is 30.9 Å². The highest BCUT2D eigenvalue weighted by molar-refractivity contribution is 6.30. The van der Waals surface area contributed by atoms with E-state index < -0.39 is 0 Å². The van der Waals surface area contributed by atoms with E-state index in [0.717, 1.165) is 44.3 Å². The van der Waals surface area contributed by atoms with Gasteiger partial charge in [-0.3, -0.25) is 9.80 Å². The van der Waals surface area contributed by atoms with Crippen molar-refractivity contribution in [2.75, 3.05) is 32.7 Å². The monoisotopic (exact) mass is 380 g/mol. The number of benzene rings is 2. The van der Waals surface area contributed by atoms with E-state index >= 15 is 0 Å². The van der Waals surface area contributed by atoms with Crippen molar-refractivity contribution in [1.82, 2.24) is 19.4 Å². The summed E-state index contributed by atoms with van der Waals surface area (Å²) >= 11 is 6.12. The lowest BCUT2D eigenvalue weighted by atomic mass is 9.96. The highest BCUT2D eigenvalue weighted by Crippen LogP contribution is 2.30. The van der Waals surface area contributed by atoms with Crippen LogP contribution in [0.4, 0.5) is 0 Å². The van der Waals surface area contributed by atoms with Gasteiger partial charge in [-0.1, -0.05) is 54.1 Å². The molecule has 1 aliphatic heterocycles. The Labute approximate surface area is 166 Å². The quantitative estimate of drug-likeness (QED) is 0.647. The van der Waals surface area contributed by atoms with Crippen molar-refractivity contribution in [2.45, 2.75) is 12.6 Å². The third-order valence-corrected chi connectivity index (χ3v) is 5.56. The number of halogens is 1. The summed E-state index contributed by atoms with van der Waals surface area (Å²) in [6, 6.07) is 19.4. The van der Waals surface area contributed by atoms with Crippen molar-refractivity contribution in [1.29, 1.82) is 0 Å². The summed E-state index contributed by atoms with van der Waals surface area (Å²) in [6.45, 7) is 6.37. The number of aromatic nitrogens is 2. The van der Waals surface area contributed by atoms with Crippen molar-refractivity contribution in [2.24, 2.45) is 0 Å². The molecule has 3 aromatic rings. The van der Waals surface area contributed by atoms with Gasteiger partial charge in [-0.25, -0.2) is 4.98 Å². The highest BCUT2D eigenvalue weighted by Gasteiger charge is 2.26. The molecule has 1 unspecified atom stereocenters. The summed E-state index contributed by atoms with van der Waals surface area (Å²) in [6.07, 6.45) is 5.76. The molecule has 1 saturated heterocycles. The van der Waals surface area contributed by atoms with Crippen molar-refractivity contribution in [3.05, 3.63) is 89.5 Å². The smallest absolute Gasteiger partial charge is 0.0946 e. The summed E-state index contributed by atoms with van der Waals surface area (Å²) in [5.74, 6) is 0. The molecule has 0 bridgehead atoms. The van der Waals surface area contributed by atoms with Gasteiger partial charge in [-0.05, 0) is 23.3 Å². The number of nitrogens with zero attached hydrogens (tertiary/aromatic N) is 4. The van der Waals surface area contributed by atoms with Gasteiger partial charge in [0.25, 0.3) is 0 Å². The molecule has 0 aliphatic carbocycles. The van der Waals surface area contributed by atoms with Gasteiger partial charge < -0.3 is 4.57 Å². The van der Waals surface area contributed by atoms with Crippen LogP contribution in [0.3, 0.4) is 0 Å². The fraction of sp³-hybridized carbons (Fsp3) is 0.318. The third-order valence-electron chi connectivity index (χ3n) is 5.31. The number of hydrogen-bond donors (Lipinski definition) is 0. The fourth-order valence-electron chi connectivity index (χ4n) is 3.82.